The number of nitriles is 1. The molecule has 2 aliphatic rings. The summed E-state index contributed by atoms with van der Waals surface area (Å²) in [5, 5.41) is 10.1. The maximum Gasteiger partial charge on any atom is 0.416 e. The number of anilines is 1. The topological polar surface area (TPSA) is 118 Å². The van der Waals surface area contributed by atoms with E-state index in [1.807, 2.05) is 0 Å². The number of aliphatic imine (C=N–C) groups is 1. The molecule has 0 amide bonds. The van der Waals surface area contributed by atoms with Crippen molar-refractivity contribution in [2.75, 3.05) is 17.6 Å². The Balaban J connectivity index is 1.73. The zero-order valence-electron chi connectivity index (χ0n) is 24.7. The predicted octanol–water partition coefficient (Wildman–Crippen LogP) is 7.55. The highest BCUT2D eigenvalue weighted by Gasteiger charge is 2.41. The summed E-state index contributed by atoms with van der Waals surface area (Å²) in [6.07, 6.45) is -0.905. The largest absolute Gasteiger partial charge is 0.490 e. The number of allylic oxidation sites excluding steroid dienone is 2. The van der Waals surface area contributed by atoms with Crippen molar-refractivity contribution in [3.63, 3.8) is 0 Å². The van der Waals surface area contributed by atoms with Crippen molar-refractivity contribution in [3.8, 4) is 17.6 Å². The molecule has 1 N–H and O–H groups in total. The van der Waals surface area contributed by atoms with Crippen LogP contribution in [0.2, 0.25) is 0 Å². The average Bonchev–Trinajstić information content (AvgIpc) is 2.91. The number of hydrogen-bond acceptors (Lipinski definition) is 7. The Morgan fingerprint density at radius 3 is 2.50 bits per heavy atom. The number of ketones is 1. The number of alkyl halides is 3. The summed E-state index contributed by atoms with van der Waals surface area (Å²) in [5.41, 5.74) is 1.42. The number of ether oxygens (including phenoxy) is 2. The third-order valence-corrected chi connectivity index (χ3v) is 8.78. The number of Topliss-reactive ketones (excluding diaryl/α,β-unsaturated/α-hetero) is 1. The van der Waals surface area contributed by atoms with Gasteiger partial charge in [-0.3, -0.25) is 14.5 Å². The molecule has 2 aromatic carbocycles. The van der Waals surface area contributed by atoms with Gasteiger partial charge in [-0.05, 0) is 78.4 Å². The second-order valence-electron chi connectivity index (χ2n) is 11.0. The molecule has 0 saturated heterocycles. The van der Waals surface area contributed by atoms with Crippen LogP contribution in [0.15, 0.2) is 51.1 Å². The minimum atomic E-state index is -4.68. The van der Waals surface area contributed by atoms with Gasteiger partial charge in [0.05, 0.1) is 40.6 Å². The molecule has 1 heterocycles. The first-order valence-electron chi connectivity index (χ1n) is 14.1. The monoisotopic (exact) mass is 695 g/mol. The van der Waals surface area contributed by atoms with Crippen LogP contribution in [0.1, 0.15) is 69.1 Å². The fourth-order valence-corrected chi connectivity index (χ4v) is 6.93. The van der Waals surface area contributed by atoms with E-state index in [-0.39, 0.29) is 47.7 Å². The van der Waals surface area contributed by atoms with Crippen molar-refractivity contribution < 1.29 is 35.9 Å². The van der Waals surface area contributed by atoms with Crippen LogP contribution >= 0.6 is 15.9 Å². The van der Waals surface area contributed by atoms with Crippen molar-refractivity contribution >= 4 is 43.1 Å². The van der Waals surface area contributed by atoms with Crippen molar-refractivity contribution in [1.29, 1.82) is 5.26 Å². The van der Waals surface area contributed by atoms with E-state index in [0.29, 0.717) is 40.2 Å². The Morgan fingerprint density at radius 2 is 1.89 bits per heavy atom. The lowest BCUT2D eigenvalue weighted by Crippen LogP contribution is -2.32. The number of nitrogens with zero attached hydrogens (tertiary/aromatic N) is 2. The highest BCUT2D eigenvalue weighted by molar-refractivity contribution is 9.10. The van der Waals surface area contributed by atoms with Crippen LogP contribution in [0.5, 0.6) is 11.5 Å². The number of carbonyl (C=O) groups excluding carboxylic acids is 1. The molecule has 44 heavy (non-hydrogen) atoms. The third-order valence-electron chi connectivity index (χ3n) is 7.60. The molecule has 8 nitrogen and oxygen atoms in total. The van der Waals surface area contributed by atoms with Crippen LogP contribution in [0.25, 0.3) is 0 Å². The zero-order valence-corrected chi connectivity index (χ0v) is 27.1. The number of hydrogen-bond donors (Lipinski definition) is 1. The average molecular weight is 697 g/mol. The fraction of sp³-hybridized carbons (Fsp3) is 0.452. The molecule has 0 aromatic heterocycles. The van der Waals surface area contributed by atoms with Gasteiger partial charge in [0.15, 0.2) is 17.3 Å². The van der Waals surface area contributed by atoms with E-state index in [4.69, 9.17) is 14.5 Å². The van der Waals surface area contributed by atoms with Crippen LogP contribution in [0.4, 0.5) is 18.9 Å². The SMILES string of the molecule is CCCC1CC(=O)C2=C(C1)N=C(C)C(C#N)C2c1cc(Br)c(OCc2ccc(C(F)(F)F)cc2NS(C)(=O)=O)c(OCC)c1. The Bertz CT molecular complexity index is 1660. The molecule has 1 aliphatic heterocycles. The molecule has 13 heteroatoms. The lowest BCUT2D eigenvalue weighted by atomic mass is 9.70. The summed E-state index contributed by atoms with van der Waals surface area (Å²) >= 11 is 3.52. The van der Waals surface area contributed by atoms with Gasteiger partial charge in [0.2, 0.25) is 10.0 Å². The van der Waals surface area contributed by atoms with Gasteiger partial charge in [-0.1, -0.05) is 19.4 Å². The quantitative estimate of drug-likeness (QED) is 0.274. The predicted molar refractivity (Wildman–Crippen MR) is 164 cm³/mol. The van der Waals surface area contributed by atoms with E-state index in [0.717, 1.165) is 36.9 Å². The Kier molecular flexibility index (Phi) is 10.1. The van der Waals surface area contributed by atoms with E-state index >= 15 is 0 Å². The first kappa shape index (κ1) is 33.5. The fourth-order valence-electron chi connectivity index (χ4n) is 5.77. The highest BCUT2D eigenvalue weighted by atomic mass is 79.9. The van der Waals surface area contributed by atoms with E-state index < -0.39 is 33.6 Å². The molecule has 2 aromatic rings. The second kappa shape index (κ2) is 13.3. The lowest BCUT2D eigenvalue weighted by Gasteiger charge is -2.35. The Morgan fingerprint density at radius 1 is 1.16 bits per heavy atom. The molecule has 3 unspecified atom stereocenters. The summed E-state index contributed by atoms with van der Waals surface area (Å²) in [6.45, 7) is 5.58. The van der Waals surface area contributed by atoms with Crippen LogP contribution in [0, 0.1) is 23.2 Å². The normalized spacial score (nSPS) is 20.5. The van der Waals surface area contributed by atoms with Crippen LogP contribution in [-0.2, 0) is 27.6 Å². The van der Waals surface area contributed by atoms with Crippen LogP contribution < -0.4 is 14.2 Å². The summed E-state index contributed by atoms with van der Waals surface area (Å²) in [4.78, 5) is 18.2. The molecular weight excluding hydrogens is 663 g/mol. The molecule has 236 valence electrons. The van der Waals surface area contributed by atoms with E-state index in [2.05, 4.69) is 33.6 Å². The van der Waals surface area contributed by atoms with Crippen molar-refractivity contribution in [2.24, 2.45) is 16.8 Å². The van der Waals surface area contributed by atoms with Gasteiger partial charge in [0.25, 0.3) is 0 Å². The molecule has 4 rings (SSSR count). The first-order valence-corrected chi connectivity index (χ1v) is 16.8. The summed E-state index contributed by atoms with van der Waals surface area (Å²) < 4.78 is 78.3. The van der Waals surface area contributed by atoms with E-state index in [1.54, 1.807) is 26.0 Å². The molecule has 0 fully saturated rings. The summed E-state index contributed by atoms with van der Waals surface area (Å²) in [5.74, 6) is -0.558. The lowest BCUT2D eigenvalue weighted by molar-refractivity contribution is -0.137. The summed E-state index contributed by atoms with van der Waals surface area (Å²) in [7, 11) is -3.90. The number of carbonyl (C=O) groups is 1. The van der Waals surface area contributed by atoms with E-state index in [1.165, 1.54) is 0 Å². The van der Waals surface area contributed by atoms with Crippen molar-refractivity contribution in [3.05, 3.63) is 62.8 Å². The Labute approximate surface area is 263 Å². The van der Waals surface area contributed by atoms with Gasteiger partial charge >= 0.3 is 6.18 Å². The molecule has 0 radical (unpaired) electrons. The highest BCUT2D eigenvalue weighted by Crippen LogP contribution is 2.48. The van der Waals surface area contributed by atoms with Gasteiger partial charge in [-0.15, -0.1) is 0 Å². The van der Waals surface area contributed by atoms with Gasteiger partial charge < -0.3 is 9.47 Å². The van der Waals surface area contributed by atoms with Gasteiger partial charge in [-0.2, -0.15) is 18.4 Å². The molecule has 3 atom stereocenters. The molecular formula is C31H33BrF3N3O5S. The molecule has 0 spiro atoms. The molecule has 0 saturated carbocycles. The van der Waals surface area contributed by atoms with Gasteiger partial charge in [0, 0.05) is 34.9 Å². The summed E-state index contributed by atoms with van der Waals surface area (Å²) in [6, 6.07) is 8.48. The van der Waals surface area contributed by atoms with Gasteiger partial charge in [-0.25, -0.2) is 8.42 Å². The maximum atomic E-state index is 13.5. The standard InChI is InChI=1S/C31H33BrF3N3O5S/c1-5-7-18-10-25-29(26(39)11-18)28(22(15-36)17(3)37-25)20-12-23(32)30(27(13-20)42-6-2)43-16-19-8-9-21(31(33,34)35)14-24(19)38-44(4,40)41/h8-9,12-14,18,22,28,38H,5-7,10-11,16H2,1-4H3. The van der Waals surface area contributed by atoms with E-state index in [9.17, 15) is 31.6 Å². The smallest absolute Gasteiger partial charge is 0.416 e. The van der Waals surface area contributed by atoms with Gasteiger partial charge in [0.1, 0.15) is 6.61 Å². The molecule has 1 aliphatic carbocycles. The van der Waals surface area contributed by atoms with Crippen molar-refractivity contribution in [2.45, 2.75) is 65.2 Å². The number of rotatable bonds is 10. The molecule has 0 bridgehead atoms. The number of halogens is 4. The minimum Gasteiger partial charge on any atom is -0.490 e. The Hall–Kier alpha value is -3.37. The third kappa shape index (κ3) is 7.46. The van der Waals surface area contributed by atoms with Crippen molar-refractivity contribution in [1.82, 2.24) is 0 Å². The number of sulfonamides is 1. The maximum absolute atomic E-state index is 13.5. The first-order chi connectivity index (χ1) is 20.7. The van der Waals surface area contributed by atoms with Crippen LogP contribution in [-0.4, -0.2) is 32.8 Å². The zero-order chi connectivity index (χ0) is 32.4. The number of nitrogens with one attached hydrogen (secondary N) is 1. The number of benzene rings is 2. The second-order valence-corrected chi connectivity index (χ2v) is 13.6. The van der Waals surface area contributed by atoms with Crippen LogP contribution in [0.3, 0.4) is 0 Å². The minimum absolute atomic E-state index is 0.0196.